The lowest BCUT2D eigenvalue weighted by Crippen LogP contribution is -1.92. The van der Waals surface area contributed by atoms with Crippen LogP contribution in [0.3, 0.4) is 0 Å². The molecule has 0 radical (unpaired) electrons. The SMILES string of the molecule is Cc1cc(SCc2ccc(Br)cc2)n(C)n1. The van der Waals surface area contributed by atoms with E-state index in [-0.39, 0.29) is 0 Å². The first-order valence-electron chi connectivity index (χ1n) is 5.03. The molecule has 2 aromatic rings. The summed E-state index contributed by atoms with van der Waals surface area (Å²) in [6.07, 6.45) is 0. The molecule has 0 unspecified atom stereocenters. The number of nitrogens with zero attached hydrogens (tertiary/aromatic N) is 2. The standard InChI is InChI=1S/C12H13BrN2S/c1-9-7-12(15(2)14-9)16-8-10-3-5-11(13)6-4-10/h3-7H,8H2,1-2H3. The number of hydrogen-bond donors (Lipinski definition) is 0. The number of aryl methyl sites for hydroxylation is 2. The Hall–Kier alpha value is -0.740. The summed E-state index contributed by atoms with van der Waals surface area (Å²) in [5.74, 6) is 0.978. The molecule has 1 aromatic heterocycles. The normalized spacial score (nSPS) is 10.7. The molecule has 0 saturated carbocycles. The van der Waals surface area contributed by atoms with Crippen LogP contribution in [-0.4, -0.2) is 9.78 Å². The molecule has 0 amide bonds. The van der Waals surface area contributed by atoms with E-state index in [0.717, 1.165) is 15.9 Å². The smallest absolute Gasteiger partial charge is 0.0942 e. The van der Waals surface area contributed by atoms with Crippen LogP contribution >= 0.6 is 27.7 Å². The average molecular weight is 297 g/mol. The highest BCUT2D eigenvalue weighted by Crippen LogP contribution is 2.23. The quantitative estimate of drug-likeness (QED) is 0.802. The summed E-state index contributed by atoms with van der Waals surface area (Å²) in [4.78, 5) is 0. The summed E-state index contributed by atoms with van der Waals surface area (Å²) in [7, 11) is 1.98. The summed E-state index contributed by atoms with van der Waals surface area (Å²) in [6, 6.07) is 10.5. The summed E-state index contributed by atoms with van der Waals surface area (Å²) >= 11 is 5.25. The van der Waals surface area contributed by atoms with Crippen LogP contribution in [0.2, 0.25) is 0 Å². The van der Waals surface area contributed by atoms with Gasteiger partial charge in [-0.3, -0.25) is 4.68 Å². The highest BCUT2D eigenvalue weighted by Gasteiger charge is 2.02. The number of benzene rings is 1. The van der Waals surface area contributed by atoms with Crippen LogP contribution in [0.25, 0.3) is 0 Å². The lowest BCUT2D eigenvalue weighted by molar-refractivity contribution is 0.692. The van der Waals surface area contributed by atoms with Gasteiger partial charge in [0, 0.05) is 17.3 Å². The molecule has 2 nitrogen and oxygen atoms in total. The Bertz CT molecular complexity index is 476. The molecule has 0 saturated heterocycles. The second-order valence-electron chi connectivity index (χ2n) is 3.66. The summed E-state index contributed by atoms with van der Waals surface area (Å²) in [5, 5.41) is 5.53. The van der Waals surface area contributed by atoms with Crippen molar-refractivity contribution in [3.8, 4) is 0 Å². The fraction of sp³-hybridized carbons (Fsp3) is 0.250. The Kier molecular flexibility index (Phi) is 3.71. The zero-order valence-electron chi connectivity index (χ0n) is 9.27. The maximum absolute atomic E-state index is 4.33. The monoisotopic (exact) mass is 296 g/mol. The molecule has 0 aliphatic heterocycles. The van der Waals surface area contributed by atoms with Gasteiger partial charge < -0.3 is 0 Å². The summed E-state index contributed by atoms with van der Waals surface area (Å²) in [6.45, 7) is 2.02. The van der Waals surface area contributed by atoms with E-state index in [1.165, 1.54) is 10.6 Å². The third kappa shape index (κ3) is 2.89. The van der Waals surface area contributed by atoms with E-state index in [0.29, 0.717) is 0 Å². The average Bonchev–Trinajstić information content (AvgIpc) is 2.57. The van der Waals surface area contributed by atoms with Gasteiger partial charge >= 0.3 is 0 Å². The van der Waals surface area contributed by atoms with Crippen molar-refractivity contribution >= 4 is 27.7 Å². The van der Waals surface area contributed by atoms with Crippen LogP contribution in [-0.2, 0) is 12.8 Å². The molecule has 2 rings (SSSR count). The molecular formula is C12H13BrN2S. The minimum Gasteiger partial charge on any atom is -0.262 e. The van der Waals surface area contributed by atoms with Crippen molar-refractivity contribution in [2.75, 3.05) is 0 Å². The third-order valence-corrected chi connectivity index (χ3v) is 3.94. The van der Waals surface area contributed by atoms with Crippen molar-refractivity contribution in [3.63, 3.8) is 0 Å². The first-order chi connectivity index (χ1) is 7.65. The molecule has 0 bridgehead atoms. The Morgan fingerprint density at radius 3 is 2.56 bits per heavy atom. The first-order valence-corrected chi connectivity index (χ1v) is 6.81. The lowest BCUT2D eigenvalue weighted by Gasteiger charge is -2.02. The fourth-order valence-corrected chi connectivity index (χ4v) is 2.71. The molecule has 0 aliphatic carbocycles. The topological polar surface area (TPSA) is 17.8 Å². The molecule has 0 N–H and O–H groups in total. The lowest BCUT2D eigenvalue weighted by atomic mass is 10.2. The number of rotatable bonds is 3. The number of thioether (sulfide) groups is 1. The number of halogens is 1. The predicted octanol–water partition coefficient (Wildman–Crippen LogP) is 3.78. The van der Waals surface area contributed by atoms with Crippen molar-refractivity contribution < 1.29 is 0 Å². The van der Waals surface area contributed by atoms with Gasteiger partial charge in [-0.25, -0.2) is 0 Å². The van der Waals surface area contributed by atoms with E-state index in [9.17, 15) is 0 Å². The second kappa shape index (κ2) is 5.06. The van der Waals surface area contributed by atoms with Crippen LogP contribution in [0.5, 0.6) is 0 Å². The fourth-order valence-electron chi connectivity index (χ4n) is 1.46. The van der Waals surface area contributed by atoms with Gasteiger partial charge in [-0.15, -0.1) is 11.8 Å². The zero-order valence-corrected chi connectivity index (χ0v) is 11.7. The highest BCUT2D eigenvalue weighted by molar-refractivity contribution is 9.10. The molecular weight excluding hydrogens is 284 g/mol. The molecule has 0 atom stereocenters. The van der Waals surface area contributed by atoms with E-state index in [1.54, 1.807) is 0 Å². The highest BCUT2D eigenvalue weighted by atomic mass is 79.9. The predicted molar refractivity (Wildman–Crippen MR) is 71.6 cm³/mol. The Labute approximate surface area is 108 Å². The first kappa shape index (κ1) is 11.7. The number of hydrogen-bond acceptors (Lipinski definition) is 2. The number of aromatic nitrogens is 2. The molecule has 0 aliphatic rings. The van der Waals surface area contributed by atoms with Gasteiger partial charge in [0.15, 0.2) is 0 Å². The maximum Gasteiger partial charge on any atom is 0.0942 e. The molecule has 0 spiro atoms. The maximum atomic E-state index is 4.33. The van der Waals surface area contributed by atoms with E-state index in [1.807, 2.05) is 30.4 Å². The Balaban J connectivity index is 2.02. The van der Waals surface area contributed by atoms with E-state index < -0.39 is 0 Å². The summed E-state index contributed by atoms with van der Waals surface area (Å²) in [5.41, 5.74) is 2.40. The molecule has 84 valence electrons. The van der Waals surface area contributed by atoms with Gasteiger partial charge in [0.25, 0.3) is 0 Å². The third-order valence-electron chi connectivity index (χ3n) is 2.26. The van der Waals surface area contributed by atoms with Crippen molar-refractivity contribution in [1.82, 2.24) is 9.78 Å². The van der Waals surface area contributed by atoms with Crippen molar-refractivity contribution in [1.29, 1.82) is 0 Å². The van der Waals surface area contributed by atoms with Gasteiger partial charge in [0.2, 0.25) is 0 Å². The van der Waals surface area contributed by atoms with Gasteiger partial charge in [-0.1, -0.05) is 28.1 Å². The van der Waals surface area contributed by atoms with Gasteiger partial charge in [-0.05, 0) is 30.7 Å². The minimum atomic E-state index is 0.978. The Morgan fingerprint density at radius 2 is 2.00 bits per heavy atom. The molecule has 16 heavy (non-hydrogen) atoms. The Morgan fingerprint density at radius 1 is 1.31 bits per heavy atom. The van der Waals surface area contributed by atoms with E-state index in [4.69, 9.17) is 0 Å². The van der Waals surface area contributed by atoms with Gasteiger partial charge in [-0.2, -0.15) is 5.10 Å². The van der Waals surface area contributed by atoms with E-state index >= 15 is 0 Å². The summed E-state index contributed by atoms with van der Waals surface area (Å²) < 4.78 is 3.05. The van der Waals surface area contributed by atoms with Crippen LogP contribution in [0, 0.1) is 6.92 Å². The zero-order chi connectivity index (χ0) is 11.5. The second-order valence-corrected chi connectivity index (χ2v) is 5.57. The van der Waals surface area contributed by atoms with E-state index in [2.05, 4.69) is 51.4 Å². The van der Waals surface area contributed by atoms with Gasteiger partial charge in [0.1, 0.15) is 0 Å². The van der Waals surface area contributed by atoms with Crippen molar-refractivity contribution in [3.05, 3.63) is 46.1 Å². The van der Waals surface area contributed by atoms with Gasteiger partial charge in [0.05, 0.1) is 10.7 Å². The van der Waals surface area contributed by atoms with Crippen molar-refractivity contribution in [2.24, 2.45) is 7.05 Å². The van der Waals surface area contributed by atoms with Crippen LogP contribution in [0.1, 0.15) is 11.3 Å². The van der Waals surface area contributed by atoms with Crippen molar-refractivity contribution in [2.45, 2.75) is 17.7 Å². The molecule has 1 heterocycles. The van der Waals surface area contributed by atoms with Crippen LogP contribution in [0.4, 0.5) is 0 Å². The molecule has 1 aromatic carbocycles. The largest absolute Gasteiger partial charge is 0.262 e. The molecule has 4 heteroatoms. The minimum absolute atomic E-state index is 0.978. The van der Waals surface area contributed by atoms with Crippen LogP contribution in [0.15, 0.2) is 39.8 Å². The van der Waals surface area contributed by atoms with Crippen LogP contribution < -0.4 is 0 Å². The molecule has 0 fully saturated rings.